The molecule has 1 atom stereocenters. The van der Waals surface area contributed by atoms with Gasteiger partial charge in [-0.3, -0.25) is 4.79 Å². The molecule has 4 N–H and O–H groups in total. The highest BCUT2D eigenvalue weighted by Gasteiger charge is 2.26. The van der Waals surface area contributed by atoms with Gasteiger partial charge in [0, 0.05) is 6.20 Å². The quantitative estimate of drug-likeness (QED) is 0.341. The fraction of sp³-hybridized carbons (Fsp3) is 0.167. The summed E-state index contributed by atoms with van der Waals surface area (Å²) in [4.78, 5) is 11.2. The second kappa shape index (κ2) is 2.37. The summed E-state index contributed by atoms with van der Waals surface area (Å²) in [6.07, 6.45) is 5.21. The Morgan fingerprint density at radius 3 is 3.27 bits per heavy atom. The zero-order chi connectivity index (χ0) is 7.68. The number of carbonyl (C=O) groups excluding carboxylic acids is 1. The minimum atomic E-state index is -0.301. The first kappa shape index (κ1) is 6.38. The SMILES string of the molecule is O=C1NC=CC=C2NNNC12. The Hall–Kier alpha value is -1.33. The summed E-state index contributed by atoms with van der Waals surface area (Å²) in [6.45, 7) is 0. The van der Waals surface area contributed by atoms with E-state index >= 15 is 0 Å². The van der Waals surface area contributed by atoms with Crippen LogP contribution in [0.1, 0.15) is 0 Å². The minimum Gasteiger partial charge on any atom is -0.331 e. The van der Waals surface area contributed by atoms with Crippen LogP contribution in [0.4, 0.5) is 0 Å². The van der Waals surface area contributed by atoms with Crippen molar-refractivity contribution in [2.75, 3.05) is 0 Å². The van der Waals surface area contributed by atoms with Crippen molar-refractivity contribution in [2.24, 2.45) is 0 Å². The van der Waals surface area contributed by atoms with Crippen LogP contribution in [0.15, 0.2) is 24.0 Å². The van der Waals surface area contributed by atoms with E-state index in [9.17, 15) is 4.79 Å². The van der Waals surface area contributed by atoms with E-state index in [0.29, 0.717) is 0 Å². The minimum absolute atomic E-state index is 0.0671. The summed E-state index contributed by atoms with van der Waals surface area (Å²) in [5.74, 6) is -0.0671. The van der Waals surface area contributed by atoms with Gasteiger partial charge in [0.2, 0.25) is 5.91 Å². The van der Waals surface area contributed by atoms with Crippen LogP contribution in [0.25, 0.3) is 0 Å². The molecule has 2 heterocycles. The zero-order valence-electron chi connectivity index (χ0n) is 5.72. The largest absolute Gasteiger partial charge is 0.331 e. The fourth-order valence-electron chi connectivity index (χ4n) is 1.04. The molecular weight excluding hydrogens is 144 g/mol. The van der Waals surface area contributed by atoms with E-state index in [2.05, 4.69) is 21.7 Å². The molecule has 2 aliphatic rings. The van der Waals surface area contributed by atoms with Gasteiger partial charge in [0.1, 0.15) is 6.04 Å². The second-order valence-electron chi connectivity index (χ2n) is 2.32. The summed E-state index contributed by atoms with van der Waals surface area (Å²) >= 11 is 0. The molecule has 0 aromatic carbocycles. The molecule has 1 unspecified atom stereocenters. The van der Waals surface area contributed by atoms with Crippen LogP contribution in [-0.2, 0) is 4.79 Å². The third kappa shape index (κ3) is 0.997. The predicted molar refractivity (Wildman–Crippen MR) is 38.6 cm³/mol. The Morgan fingerprint density at radius 1 is 1.45 bits per heavy atom. The Bertz CT molecular complexity index is 245. The highest BCUT2D eigenvalue weighted by molar-refractivity contribution is 5.86. The van der Waals surface area contributed by atoms with Crippen molar-refractivity contribution in [3.05, 3.63) is 24.0 Å². The molecule has 58 valence electrons. The summed E-state index contributed by atoms with van der Waals surface area (Å²) in [7, 11) is 0. The van der Waals surface area contributed by atoms with Gasteiger partial charge in [-0.1, -0.05) is 0 Å². The number of allylic oxidation sites excluding steroid dienone is 2. The van der Waals surface area contributed by atoms with Crippen LogP contribution in [0, 0.1) is 0 Å². The zero-order valence-corrected chi connectivity index (χ0v) is 5.72. The summed E-state index contributed by atoms with van der Waals surface area (Å²) in [5, 5.41) is 2.60. The molecule has 1 amide bonds. The van der Waals surface area contributed by atoms with Gasteiger partial charge in [-0.2, -0.15) is 5.53 Å². The third-order valence-electron chi connectivity index (χ3n) is 1.59. The van der Waals surface area contributed by atoms with Crippen molar-refractivity contribution in [3.63, 3.8) is 0 Å². The van der Waals surface area contributed by atoms with Gasteiger partial charge < -0.3 is 10.7 Å². The van der Waals surface area contributed by atoms with E-state index in [1.807, 2.05) is 6.08 Å². The number of hydrogen-bond acceptors (Lipinski definition) is 4. The Morgan fingerprint density at radius 2 is 2.36 bits per heavy atom. The smallest absolute Gasteiger partial charge is 0.248 e. The average Bonchev–Trinajstić information content (AvgIpc) is 2.40. The van der Waals surface area contributed by atoms with Crippen molar-refractivity contribution in [1.29, 1.82) is 0 Å². The topological polar surface area (TPSA) is 65.2 Å². The first-order chi connectivity index (χ1) is 5.38. The van der Waals surface area contributed by atoms with Gasteiger partial charge in [0.15, 0.2) is 0 Å². The van der Waals surface area contributed by atoms with E-state index in [1.165, 1.54) is 0 Å². The summed E-state index contributed by atoms with van der Waals surface area (Å²) in [6, 6.07) is -0.301. The number of nitrogens with one attached hydrogen (secondary N) is 4. The monoisotopic (exact) mass is 152 g/mol. The maximum atomic E-state index is 11.2. The summed E-state index contributed by atoms with van der Waals surface area (Å²) < 4.78 is 0. The molecule has 0 spiro atoms. The number of rotatable bonds is 0. The van der Waals surface area contributed by atoms with E-state index in [4.69, 9.17) is 0 Å². The lowest BCUT2D eigenvalue weighted by Crippen LogP contribution is -2.41. The molecule has 11 heavy (non-hydrogen) atoms. The van der Waals surface area contributed by atoms with Crippen LogP contribution in [0.2, 0.25) is 0 Å². The van der Waals surface area contributed by atoms with Crippen LogP contribution in [-0.4, -0.2) is 11.9 Å². The molecule has 0 aromatic heterocycles. The number of fused-ring (bicyclic) bond motifs is 1. The Labute approximate surface area is 63.5 Å². The first-order valence-electron chi connectivity index (χ1n) is 3.31. The van der Waals surface area contributed by atoms with Crippen LogP contribution < -0.4 is 21.7 Å². The van der Waals surface area contributed by atoms with Crippen LogP contribution in [0.5, 0.6) is 0 Å². The Kier molecular flexibility index (Phi) is 1.38. The standard InChI is InChI=1S/C6H8N4O/c11-6-5-4(8-10-9-5)2-1-3-7-6/h1-3,5,8-10H,(H,7,11). The van der Waals surface area contributed by atoms with E-state index in [0.717, 1.165) is 5.70 Å². The molecule has 5 nitrogen and oxygen atoms in total. The van der Waals surface area contributed by atoms with E-state index in [1.54, 1.807) is 12.3 Å². The van der Waals surface area contributed by atoms with Gasteiger partial charge in [-0.05, 0) is 12.2 Å². The predicted octanol–water partition coefficient (Wildman–Crippen LogP) is -1.51. The fourth-order valence-corrected chi connectivity index (χ4v) is 1.04. The molecule has 1 saturated heterocycles. The molecule has 2 aliphatic heterocycles. The van der Waals surface area contributed by atoms with Gasteiger partial charge in [-0.15, -0.1) is 0 Å². The molecule has 2 rings (SSSR count). The number of hydrogen-bond donors (Lipinski definition) is 4. The lowest BCUT2D eigenvalue weighted by molar-refractivity contribution is -0.121. The number of amides is 1. The molecule has 0 aliphatic carbocycles. The van der Waals surface area contributed by atoms with Crippen molar-refractivity contribution >= 4 is 5.91 Å². The molecule has 0 radical (unpaired) electrons. The molecule has 1 fully saturated rings. The third-order valence-corrected chi connectivity index (χ3v) is 1.59. The van der Waals surface area contributed by atoms with Crippen LogP contribution in [0.3, 0.4) is 0 Å². The first-order valence-corrected chi connectivity index (χ1v) is 3.31. The molecule has 5 heteroatoms. The van der Waals surface area contributed by atoms with Crippen molar-refractivity contribution < 1.29 is 4.79 Å². The lowest BCUT2D eigenvalue weighted by atomic mass is 10.2. The molecule has 0 bridgehead atoms. The van der Waals surface area contributed by atoms with E-state index in [-0.39, 0.29) is 11.9 Å². The Balaban J connectivity index is 2.29. The van der Waals surface area contributed by atoms with Gasteiger partial charge in [0.25, 0.3) is 0 Å². The maximum Gasteiger partial charge on any atom is 0.248 e. The van der Waals surface area contributed by atoms with Crippen molar-refractivity contribution in [3.8, 4) is 0 Å². The number of carbonyl (C=O) groups is 1. The van der Waals surface area contributed by atoms with Gasteiger partial charge in [0.05, 0.1) is 5.70 Å². The molecule has 0 aromatic rings. The summed E-state index contributed by atoms with van der Waals surface area (Å²) in [5.41, 5.74) is 9.07. The van der Waals surface area contributed by atoms with Gasteiger partial charge in [-0.25, -0.2) is 5.43 Å². The highest BCUT2D eigenvalue weighted by Crippen LogP contribution is 2.04. The van der Waals surface area contributed by atoms with E-state index < -0.39 is 0 Å². The maximum absolute atomic E-state index is 11.2. The van der Waals surface area contributed by atoms with Gasteiger partial charge >= 0.3 is 0 Å². The lowest BCUT2D eigenvalue weighted by Gasteiger charge is -2.04. The molecular formula is C6H8N4O. The van der Waals surface area contributed by atoms with Crippen molar-refractivity contribution in [2.45, 2.75) is 6.04 Å². The normalized spacial score (nSPS) is 28.2. The highest BCUT2D eigenvalue weighted by atomic mass is 16.2. The number of hydrazine groups is 2. The average molecular weight is 152 g/mol. The second-order valence-corrected chi connectivity index (χ2v) is 2.32. The van der Waals surface area contributed by atoms with Crippen molar-refractivity contribution in [1.82, 2.24) is 21.7 Å². The van der Waals surface area contributed by atoms with Crippen LogP contribution >= 0.6 is 0 Å². The molecule has 0 saturated carbocycles.